The lowest BCUT2D eigenvalue weighted by atomic mass is 9.79. The first kappa shape index (κ1) is 33.6. The minimum Gasteiger partial charge on any atom is -0.306 e. The zero-order valence-corrected chi connectivity index (χ0v) is 32.8. The predicted octanol–water partition coefficient (Wildman–Crippen LogP) is 13.9. The molecule has 4 heterocycles. The summed E-state index contributed by atoms with van der Waals surface area (Å²) in [5, 5.41) is 4.98. The standard InChI is InChI=1S/C55H38N4/c1-55(2)46-19-9-8-16-40(46)43-32-44-45(33-47(43)55)52(37-26-28-38(29-27-37)53-54(39-14-4-3-5-15-39)59-31-13-11-21-50(59)57-53)42-18-7-6-17-41(42)51(44)36-24-22-35(23-25-36)48-34-58-30-12-10-20-49(58)56-48/h3-34H,1-2H3. The van der Waals surface area contributed by atoms with Gasteiger partial charge in [-0.3, -0.25) is 4.40 Å². The highest BCUT2D eigenvalue weighted by atomic mass is 15.0. The molecule has 0 atom stereocenters. The molecule has 0 aliphatic heterocycles. The van der Waals surface area contributed by atoms with Crippen molar-refractivity contribution in [2.75, 3.05) is 0 Å². The maximum atomic E-state index is 5.18. The van der Waals surface area contributed by atoms with Crippen molar-refractivity contribution < 1.29 is 0 Å². The molecule has 4 aromatic heterocycles. The molecule has 4 nitrogen and oxygen atoms in total. The van der Waals surface area contributed by atoms with E-state index in [4.69, 9.17) is 9.97 Å². The second-order valence-corrected chi connectivity index (χ2v) is 16.3. The van der Waals surface area contributed by atoms with E-state index in [9.17, 15) is 0 Å². The maximum absolute atomic E-state index is 5.18. The van der Waals surface area contributed by atoms with Crippen LogP contribution in [0.4, 0.5) is 0 Å². The van der Waals surface area contributed by atoms with E-state index < -0.39 is 0 Å². The molecule has 59 heavy (non-hydrogen) atoms. The number of pyridine rings is 2. The van der Waals surface area contributed by atoms with Crippen LogP contribution in [-0.4, -0.2) is 18.8 Å². The number of hydrogen-bond acceptors (Lipinski definition) is 2. The van der Waals surface area contributed by atoms with Gasteiger partial charge in [-0.15, -0.1) is 0 Å². The van der Waals surface area contributed by atoms with Gasteiger partial charge in [0, 0.05) is 40.7 Å². The van der Waals surface area contributed by atoms with Gasteiger partial charge in [-0.1, -0.05) is 153 Å². The molecule has 0 saturated heterocycles. The Morgan fingerprint density at radius 2 is 1.02 bits per heavy atom. The molecule has 0 fully saturated rings. The van der Waals surface area contributed by atoms with Gasteiger partial charge >= 0.3 is 0 Å². The van der Waals surface area contributed by atoms with E-state index >= 15 is 0 Å². The van der Waals surface area contributed by atoms with Crippen LogP contribution in [0.3, 0.4) is 0 Å². The minimum absolute atomic E-state index is 0.139. The molecule has 7 aromatic carbocycles. The lowest BCUT2D eigenvalue weighted by Gasteiger charge is -2.24. The summed E-state index contributed by atoms with van der Waals surface area (Å²) in [6, 6.07) is 63.9. The fourth-order valence-electron chi connectivity index (χ4n) is 9.74. The molecule has 278 valence electrons. The van der Waals surface area contributed by atoms with E-state index in [1.807, 2.05) is 24.4 Å². The Morgan fingerprint density at radius 1 is 0.424 bits per heavy atom. The highest BCUT2D eigenvalue weighted by Gasteiger charge is 2.36. The average Bonchev–Trinajstić information content (AvgIpc) is 3.96. The second kappa shape index (κ2) is 12.7. The van der Waals surface area contributed by atoms with E-state index in [0.717, 1.165) is 45.1 Å². The Bertz CT molecular complexity index is 3410. The normalized spacial score (nSPS) is 13.1. The van der Waals surface area contributed by atoms with Gasteiger partial charge in [-0.2, -0.15) is 0 Å². The van der Waals surface area contributed by atoms with Crippen LogP contribution >= 0.6 is 0 Å². The Balaban J connectivity index is 1.08. The number of hydrogen-bond donors (Lipinski definition) is 0. The summed E-state index contributed by atoms with van der Waals surface area (Å²) < 4.78 is 4.28. The summed E-state index contributed by atoms with van der Waals surface area (Å²) in [7, 11) is 0. The molecule has 0 radical (unpaired) electrons. The van der Waals surface area contributed by atoms with Gasteiger partial charge in [-0.05, 0) is 102 Å². The van der Waals surface area contributed by atoms with Gasteiger partial charge in [0.25, 0.3) is 0 Å². The van der Waals surface area contributed by atoms with Gasteiger partial charge in [0.1, 0.15) is 11.3 Å². The first-order valence-electron chi connectivity index (χ1n) is 20.3. The van der Waals surface area contributed by atoms with Gasteiger partial charge in [0.2, 0.25) is 0 Å². The lowest BCUT2D eigenvalue weighted by molar-refractivity contribution is 0.661. The third-order valence-electron chi connectivity index (χ3n) is 12.6. The van der Waals surface area contributed by atoms with E-state index in [1.165, 1.54) is 66.1 Å². The maximum Gasteiger partial charge on any atom is 0.137 e. The van der Waals surface area contributed by atoms with Crippen molar-refractivity contribution in [3.05, 3.63) is 206 Å². The third-order valence-corrected chi connectivity index (χ3v) is 12.6. The number of benzene rings is 7. The lowest BCUT2D eigenvalue weighted by Crippen LogP contribution is -2.14. The highest BCUT2D eigenvalue weighted by molar-refractivity contribution is 6.22. The summed E-state index contributed by atoms with van der Waals surface area (Å²) in [6.07, 6.45) is 6.26. The molecule has 1 aliphatic rings. The Morgan fingerprint density at radius 3 is 1.75 bits per heavy atom. The minimum atomic E-state index is -0.139. The zero-order chi connectivity index (χ0) is 39.2. The Hall–Kier alpha value is -7.56. The molecule has 0 unspecified atom stereocenters. The Kier molecular flexibility index (Phi) is 7.24. The second-order valence-electron chi connectivity index (χ2n) is 16.3. The SMILES string of the molecule is CC1(C)c2ccccc2-c2cc3c(-c4ccc(-c5cn6ccccc6n5)cc4)c4ccccc4c(-c4ccc(-c5nc6ccccn6c5-c5ccccc5)cc4)c3cc21. The number of rotatable bonds is 5. The van der Waals surface area contributed by atoms with Gasteiger partial charge in [0.15, 0.2) is 0 Å². The van der Waals surface area contributed by atoms with E-state index in [-0.39, 0.29) is 5.41 Å². The average molecular weight is 755 g/mol. The molecular formula is C55H38N4. The molecular weight excluding hydrogens is 717 g/mol. The monoisotopic (exact) mass is 754 g/mol. The van der Waals surface area contributed by atoms with E-state index in [2.05, 4.69) is 193 Å². The van der Waals surface area contributed by atoms with Gasteiger partial charge in [-0.25, -0.2) is 9.97 Å². The molecule has 11 aromatic rings. The summed E-state index contributed by atoms with van der Waals surface area (Å²) in [6.45, 7) is 4.74. The van der Waals surface area contributed by atoms with Crippen LogP contribution in [0.15, 0.2) is 195 Å². The highest BCUT2D eigenvalue weighted by Crippen LogP contribution is 2.53. The number of fused-ring (bicyclic) bond motifs is 7. The van der Waals surface area contributed by atoms with E-state index in [0.29, 0.717) is 0 Å². The molecule has 12 rings (SSSR count). The zero-order valence-electron chi connectivity index (χ0n) is 32.8. The van der Waals surface area contributed by atoms with Gasteiger partial charge in [0.05, 0.1) is 17.1 Å². The number of nitrogens with zero attached hydrogens (tertiary/aromatic N) is 4. The summed E-state index contributed by atoms with van der Waals surface area (Å²) in [4.78, 5) is 10.1. The van der Waals surface area contributed by atoms with E-state index in [1.54, 1.807) is 0 Å². The van der Waals surface area contributed by atoms with Crippen LogP contribution < -0.4 is 0 Å². The van der Waals surface area contributed by atoms with Crippen molar-refractivity contribution in [1.29, 1.82) is 0 Å². The van der Waals surface area contributed by atoms with Crippen molar-refractivity contribution in [2.24, 2.45) is 0 Å². The first-order chi connectivity index (χ1) is 29.0. The van der Waals surface area contributed by atoms with Crippen molar-refractivity contribution in [1.82, 2.24) is 18.8 Å². The molecule has 0 saturated carbocycles. The Labute approximate surface area is 342 Å². The van der Waals surface area contributed by atoms with Crippen molar-refractivity contribution in [2.45, 2.75) is 19.3 Å². The van der Waals surface area contributed by atoms with Gasteiger partial charge < -0.3 is 4.40 Å². The van der Waals surface area contributed by atoms with Crippen LogP contribution in [0.25, 0.3) is 100.0 Å². The van der Waals surface area contributed by atoms with Crippen molar-refractivity contribution >= 4 is 32.8 Å². The summed E-state index contributed by atoms with van der Waals surface area (Å²) in [5.41, 5.74) is 18.3. The molecule has 0 N–H and O–H groups in total. The third kappa shape index (κ3) is 5.09. The van der Waals surface area contributed by atoms with Crippen LogP contribution in [0, 0.1) is 0 Å². The van der Waals surface area contributed by atoms with Crippen molar-refractivity contribution in [3.63, 3.8) is 0 Å². The number of aromatic nitrogens is 4. The molecule has 0 spiro atoms. The summed E-state index contributed by atoms with van der Waals surface area (Å²) in [5.74, 6) is 0. The molecule has 4 heteroatoms. The first-order valence-corrected chi connectivity index (χ1v) is 20.3. The van der Waals surface area contributed by atoms with Crippen LogP contribution in [0.5, 0.6) is 0 Å². The smallest absolute Gasteiger partial charge is 0.137 e. The van der Waals surface area contributed by atoms with Crippen LogP contribution in [0.1, 0.15) is 25.0 Å². The fourth-order valence-corrected chi connectivity index (χ4v) is 9.74. The summed E-state index contributed by atoms with van der Waals surface area (Å²) >= 11 is 0. The van der Waals surface area contributed by atoms with Crippen molar-refractivity contribution in [3.8, 4) is 67.2 Å². The quantitative estimate of drug-likeness (QED) is 0.164. The van der Waals surface area contributed by atoms with Crippen LogP contribution in [-0.2, 0) is 5.41 Å². The van der Waals surface area contributed by atoms with Crippen LogP contribution in [0.2, 0.25) is 0 Å². The molecule has 1 aliphatic carbocycles. The predicted molar refractivity (Wildman–Crippen MR) is 244 cm³/mol. The largest absolute Gasteiger partial charge is 0.306 e. The fraction of sp³-hybridized carbons (Fsp3) is 0.0545. The molecule has 0 amide bonds. The topological polar surface area (TPSA) is 34.6 Å². The molecule has 0 bridgehead atoms. The number of imidazole rings is 2.